The molecule has 1 atom stereocenters. The molecule has 0 aliphatic carbocycles. The van der Waals surface area contributed by atoms with E-state index in [0.29, 0.717) is 34.7 Å². The van der Waals surface area contributed by atoms with Gasteiger partial charge in [0.1, 0.15) is 11.8 Å². The molecule has 0 bridgehead atoms. The van der Waals surface area contributed by atoms with Crippen LogP contribution < -0.4 is 15.0 Å². The molecule has 2 aromatic carbocycles. The Kier molecular flexibility index (Phi) is 7.94. The highest BCUT2D eigenvalue weighted by molar-refractivity contribution is 7.80. The predicted molar refractivity (Wildman–Crippen MR) is 141 cm³/mol. The number of aromatic nitrogens is 1. The van der Waals surface area contributed by atoms with Crippen molar-refractivity contribution in [1.29, 1.82) is 0 Å². The van der Waals surface area contributed by atoms with Gasteiger partial charge >= 0.3 is 0 Å². The summed E-state index contributed by atoms with van der Waals surface area (Å²) in [5, 5.41) is 3.76. The summed E-state index contributed by atoms with van der Waals surface area (Å²) < 4.78 is 5.58. The largest absolute Gasteiger partial charge is 0.494 e. The van der Waals surface area contributed by atoms with Gasteiger partial charge in [-0.2, -0.15) is 0 Å². The van der Waals surface area contributed by atoms with Gasteiger partial charge in [-0.05, 0) is 78.8 Å². The van der Waals surface area contributed by atoms with Crippen LogP contribution in [-0.4, -0.2) is 39.5 Å². The van der Waals surface area contributed by atoms with Gasteiger partial charge in [-0.25, -0.2) is 0 Å². The number of nitrogens with one attached hydrogen (secondary N) is 1. The second kappa shape index (κ2) is 11.3. The number of amides is 2. The van der Waals surface area contributed by atoms with Crippen molar-refractivity contribution < 1.29 is 14.3 Å². The zero-order valence-corrected chi connectivity index (χ0v) is 20.8. The molecule has 2 amide bonds. The molecule has 1 aliphatic heterocycles. The SMILES string of the molecule is CCCOc1ccc(NC(=O)C[C@@H]2C(=O)N(c3ccc(Cl)cc3)C(=S)N2Cc2cccnc2)cc1. The van der Waals surface area contributed by atoms with Gasteiger partial charge in [0.2, 0.25) is 5.91 Å². The molecule has 1 fully saturated rings. The third-order valence-electron chi connectivity index (χ3n) is 5.47. The van der Waals surface area contributed by atoms with Crippen LogP contribution >= 0.6 is 23.8 Å². The second-order valence-electron chi connectivity index (χ2n) is 8.06. The van der Waals surface area contributed by atoms with E-state index in [1.54, 1.807) is 65.8 Å². The zero-order valence-electron chi connectivity index (χ0n) is 19.2. The van der Waals surface area contributed by atoms with E-state index in [1.165, 1.54) is 4.90 Å². The number of halogens is 1. The minimum atomic E-state index is -0.759. The van der Waals surface area contributed by atoms with Gasteiger partial charge in [0, 0.05) is 29.6 Å². The highest BCUT2D eigenvalue weighted by atomic mass is 35.5. The third kappa shape index (κ3) is 5.96. The van der Waals surface area contributed by atoms with Crippen molar-refractivity contribution in [1.82, 2.24) is 9.88 Å². The highest BCUT2D eigenvalue weighted by Crippen LogP contribution is 2.29. The lowest BCUT2D eigenvalue weighted by atomic mass is 10.1. The zero-order chi connectivity index (χ0) is 24.8. The van der Waals surface area contributed by atoms with E-state index in [9.17, 15) is 9.59 Å². The summed E-state index contributed by atoms with van der Waals surface area (Å²) in [6.45, 7) is 3.02. The maximum Gasteiger partial charge on any atom is 0.256 e. The van der Waals surface area contributed by atoms with Crippen LogP contribution in [0.4, 0.5) is 11.4 Å². The molecule has 7 nitrogen and oxygen atoms in total. The first-order valence-electron chi connectivity index (χ1n) is 11.3. The Morgan fingerprint density at radius 3 is 2.54 bits per heavy atom. The average molecular weight is 509 g/mol. The van der Waals surface area contributed by atoms with Crippen molar-refractivity contribution in [2.75, 3.05) is 16.8 Å². The maximum atomic E-state index is 13.5. The smallest absolute Gasteiger partial charge is 0.256 e. The number of hydrogen-bond acceptors (Lipinski definition) is 5. The van der Waals surface area contributed by atoms with E-state index >= 15 is 0 Å². The van der Waals surface area contributed by atoms with Crippen LogP contribution in [0.15, 0.2) is 73.1 Å². The summed E-state index contributed by atoms with van der Waals surface area (Å²) in [5.41, 5.74) is 2.11. The van der Waals surface area contributed by atoms with Crippen LogP contribution in [0.5, 0.6) is 5.75 Å². The number of nitrogens with zero attached hydrogens (tertiary/aromatic N) is 3. The number of benzene rings is 2. The van der Waals surface area contributed by atoms with Gasteiger partial charge in [-0.3, -0.25) is 19.5 Å². The van der Waals surface area contributed by atoms with Crippen LogP contribution in [0.3, 0.4) is 0 Å². The number of anilines is 2. The molecule has 3 aromatic rings. The normalized spacial score (nSPS) is 15.4. The van der Waals surface area contributed by atoms with E-state index < -0.39 is 6.04 Å². The van der Waals surface area contributed by atoms with Gasteiger partial charge < -0.3 is 15.0 Å². The van der Waals surface area contributed by atoms with E-state index in [2.05, 4.69) is 10.3 Å². The standard InChI is InChI=1S/C26H25ClN4O3S/c1-2-14-34-22-11-7-20(8-12-22)29-24(32)15-23-25(33)31(21-9-5-19(27)6-10-21)26(35)30(23)17-18-4-3-13-28-16-18/h3-13,16,23H,2,14-15,17H2,1H3,(H,29,32)/t23-/m1/s1. The lowest BCUT2D eigenvalue weighted by Gasteiger charge is -2.24. The first kappa shape index (κ1) is 24.6. The minimum absolute atomic E-state index is 0.0581. The molecule has 0 unspecified atom stereocenters. The molecule has 0 spiro atoms. The number of thiocarbonyl (C=S) groups is 1. The van der Waals surface area contributed by atoms with Crippen LogP contribution in [0.1, 0.15) is 25.3 Å². The molecule has 180 valence electrons. The van der Waals surface area contributed by atoms with Crippen LogP contribution in [-0.2, 0) is 16.1 Å². The van der Waals surface area contributed by atoms with E-state index in [0.717, 1.165) is 17.7 Å². The van der Waals surface area contributed by atoms with E-state index in [-0.39, 0.29) is 18.2 Å². The monoisotopic (exact) mass is 508 g/mol. The number of carbonyl (C=O) groups is 2. The highest BCUT2D eigenvalue weighted by Gasteiger charge is 2.44. The van der Waals surface area contributed by atoms with Crippen molar-refractivity contribution >= 4 is 52.1 Å². The van der Waals surface area contributed by atoms with Crippen LogP contribution in [0.25, 0.3) is 0 Å². The quantitative estimate of drug-likeness (QED) is 0.407. The Morgan fingerprint density at radius 2 is 1.89 bits per heavy atom. The Labute approximate surface area is 214 Å². The third-order valence-corrected chi connectivity index (χ3v) is 6.14. The van der Waals surface area contributed by atoms with Gasteiger partial charge in [0.25, 0.3) is 5.91 Å². The predicted octanol–water partition coefficient (Wildman–Crippen LogP) is 5.05. The fourth-order valence-corrected chi connectivity index (χ4v) is 4.29. The van der Waals surface area contributed by atoms with Gasteiger partial charge in [-0.15, -0.1) is 0 Å². The van der Waals surface area contributed by atoms with Crippen molar-refractivity contribution in [2.45, 2.75) is 32.4 Å². The molecule has 0 radical (unpaired) electrons. The van der Waals surface area contributed by atoms with Crippen LogP contribution in [0.2, 0.25) is 5.02 Å². The van der Waals surface area contributed by atoms with Gasteiger partial charge in [0.15, 0.2) is 5.11 Å². The molecule has 1 N–H and O–H groups in total. The Hall–Kier alpha value is -3.49. The summed E-state index contributed by atoms with van der Waals surface area (Å²) in [6.07, 6.45) is 4.26. The molecular weight excluding hydrogens is 484 g/mol. The second-order valence-corrected chi connectivity index (χ2v) is 8.86. The molecule has 2 heterocycles. The Balaban J connectivity index is 1.52. The Bertz CT molecular complexity index is 1190. The summed E-state index contributed by atoms with van der Waals surface area (Å²) in [7, 11) is 0. The summed E-state index contributed by atoms with van der Waals surface area (Å²) in [4.78, 5) is 33.8. The summed E-state index contributed by atoms with van der Waals surface area (Å²) in [5.74, 6) is 0.185. The van der Waals surface area contributed by atoms with Crippen LogP contribution in [0, 0.1) is 0 Å². The average Bonchev–Trinajstić information content (AvgIpc) is 3.08. The molecule has 35 heavy (non-hydrogen) atoms. The molecule has 1 aliphatic rings. The summed E-state index contributed by atoms with van der Waals surface area (Å²) in [6, 6.07) is 17.0. The number of hydrogen-bond donors (Lipinski definition) is 1. The molecule has 9 heteroatoms. The number of pyridine rings is 1. The van der Waals surface area contributed by atoms with E-state index in [1.807, 2.05) is 19.1 Å². The lowest BCUT2D eigenvalue weighted by Crippen LogP contribution is -2.37. The molecule has 4 rings (SSSR count). The van der Waals surface area contributed by atoms with Crippen molar-refractivity contribution in [3.05, 3.63) is 83.6 Å². The summed E-state index contributed by atoms with van der Waals surface area (Å²) >= 11 is 11.7. The number of rotatable bonds is 9. The van der Waals surface area contributed by atoms with Crippen molar-refractivity contribution in [3.63, 3.8) is 0 Å². The molecule has 1 saturated heterocycles. The van der Waals surface area contributed by atoms with Gasteiger partial charge in [0.05, 0.1) is 18.7 Å². The fourth-order valence-electron chi connectivity index (χ4n) is 3.77. The molecule has 1 aromatic heterocycles. The molecule has 0 saturated carbocycles. The fraction of sp³-hybridized carbons (Fsp3) is 0.231. The Morgan fingerprint density at radius 1 is 1.14 bits per heavy atom. The lowest BCUT2D eigenvalue weighted by molar-refractivity contribution is -0.124. The minimum Gasteiger partial charge on any atom is -0.494 e. The van der Waals surface area contributed by atoms with E-state index in [4.69, 9.17) is 28.6 Å². The van der Waals surface area contributed by atoms with Gasteiger partial charge in [-0.1, -0.05) is 24.6 Å². The van der Waals surface area contributed by atoms with Crippen molar-refractivity contribution in [3.8, 4) is 5.75 Å². The maximum absolute atomic E-state index is 13.5. The molecular formula is C26H25ClN4O3S. The first-order valence-corrected chi connectivity index (χ1v) is 12.1. The number of ether oxygens (including phenoxy) is 1. The number of carbonyl (C=O) groups excluding carboxylic acids is 2. The topological polar surface area (TPSA) is 74.8 Å². The first-order chi connectivity index (χ1) is 17.0. The van der Waals surface area contributed by atoms with Crippen molar-refractivity contribution in [2.24, 2.45) is 0 Å².